The number of nitrogens with one attached hydrogen (secondary N) is 3. The molecule has 4 atom stereocenters. The summed E-state index contributed by atoms with van der Waals surface area (Å²) in [6, 6.07) is -3.58. The van der Waals surface area contributed by atoms with Gasteiger partial charge in [-0.05, 0) is 45.6 Å². The highest BCUT2D eigenvalue weighted by Gasteiger charge is 2.38. The Kier molecular flexibility index (Phi) is 9.60. The van der Waals surface area contributed by atoms with Crippen molar-refractivity contribution in [2.75, 3.05) is 13.1 Å². The lowest BCUT2D eigenvalue weighted by atomic mass is 10.1. The van der Waals surface area contributed by atoms with Gasteiger partial charge in [-0.25, -0.2) is 4.98 Å². The van der Waals surface area contributed by atoms with Gasteiger partial charge in [0.05, 0.1) is 12.4 Å². The molecule has 32 heavy (non-hydrogen) atoms. The number of hydrogen-bond acceptors (Lipinski definition) is 7. The number of carboxylic acid groups (broad SMARTS) is 1. The fraction of sp³-hybridized carbons (Fsp3) is 0.650. The zero-order chi connectivity index (χ0) is 23.7. The SMILES string of the molecule is CC(NC(=O)C1CCCN1C(=O)C(CCCCN)NC(=O)C(N)Cc1cnc[nH]1)C(=O)O. The Morgan fingerprint density at radius 3 is 2.69 bits per heavy atom. The monoisotopic (exact) mass is 451 g/mol. The van der Waals surface area contributed by atoms with E-state index >= 15 is 0 Å². The van der Waals surface area contributed by atoms with Crippen LogP contribution in [-0.2, 0) is 25.6 Å². The second kappa shape index (κ2) is 12.2. The summed E-state index contributed by atoms with van der Waals surface area (Å²) in [4.78, 5) is 57.7. The number of imidazole rings is 1. The van der Waals surface area contributed by atoms with E-state index in [4.69, 9.17) is 16.6 Å². The molecule has 1 aromatic rings. The molecule has 0 spiro atoms. The fourth-order valence-corrected chi connectivity index (χ4v) is 3.63. The van der Waals surface area contributed by atoms with Crippen molar-refractivity contribution in [2.24, 2.45) is 11.5 Å². The van der Waals surface area contributed by atoms with Crippen LogP contribution in [0.25, 0.3) is 0 Å². The number of amides is 3. The maximum absolute atomic E-state index is 13.3. The number of aliphatic carboxylic acids is 1. The van der Waals surface area contributed by atoms with Crippen molar-refractivity contribution in [3.63, 3.8) is 0 Å². The van der Waals surface area contributed by atoms with E-state index in [-0.39, 0.29) is 12.3 Å². The lowest BCUT2D eigenvalue weighted by Crippen LogP contribution is -2.56. The number of nitrogens with two attached hydrogens (primary N) is 2. The number of rotatable bonds is 12. The van der Waals surface area contributed by atoms with Crippen LogP contribution in [0.5, 0.6) is 0 Å². The van der Waals surface area contributed by atoms with Crippen LogP contribution < -0.4 is 22.1 Å². The number of hydrogen-bond donors (Lipinski definition) is 6. The second-order valence-corrected chi connectivity index (χ2v) is 7.99. The standard InChI is InChI=1S/C20H33N7O5/c1-12(20(31)32)25-18(29)16-6-4-8-27(16)19(30)15(5-2-3-7-21)26-17(28)14(22)9-13-10-23-11-24-13/h10-12,14-16H,2-9,21-22H2,1H3,(H,23,24)(H,25,29)(H,26,28)(H,31,32). The molecule has 1 fully saturated rings. The number of nitrogens with zero attached hydrogens (tertiary/aromatic N) is 2. The van der Waals surface area contributed by atoms with Crippen LogP contribution in [-0.4, -0.2) is 80.9 Å². The van der Waals surface area contributed by atoms with E-state index in [2.05, 4.69) is 20.6 Å². The Labute approximate surface area is 186 Å². The molecule has 0 aliphatic carbocycles. The molecule has 4 unspecified atom stereocenters. The number of H-pyrrole nitrogens is 1. The highest BCUT2D eigenvalue weighted by Crippen LogP contribution is 2.20. The molecule has 0 aromatic carbocycles. The minimum atomic E-state index is -1.16. The van der Waals surface area contributed by atoms with Crippen LogP contribution in [0.3, 0.4) is 0 Å². The smallest absolute Gasteiger partial charge is 0.325 e. The number of aromatic amines is 1. The molecule has 12 nitrogen and oxygen atoms in total. The number of unbranched alkanes of at least 4 members (excludes halogenated alkanes) is 1. The lowest BCUT2D eigenvalue weighted by molar-refractivity contribution is -0.144. The summed E-state index contributed by atoms with van der Waals surface area (Å²) in [6.45, 7) is 2.16. The van der Waals surface area contributed by atoms with Gasteiger partial charge >= 0.3 is 5.97 Å². The van der Waals surface area contributed by atoms with Crippen LogP contribution in [0, 0.1) is 0 Å². The van der Waals surface area contributed by atoms with Crippen LogP contribution in [0.4, 0.5) is 0 Å². The first-order valence-corrected chi connectivity index (χ1v) is 10.8. The molecule has 0 saturated carbocycles. The van der Waals surface area contributed by atoms with Gasteiger partial charge < -0.3 is 37.1 Å². The Morgan fingerprint density at radius 2 is 2.06 bits per heavy atom. The molecule has 178 valence electrons. The van der Waals surface area contributed by atoms with Gasteiger partial charge in [-0.1, -0.05) is 0 Å². The summed E-state index contributed by atoms with van der Waals surface area (Å²) in [5, 5.41) is 14.2. The molecule has 1 aliphatic heterocycles. The number of likely N-dealkylation sites (tertiary alicyclic amines) is 1. The maximum Gasteiger partial charge on any atom is 0.325 e. The average molecular weight is 452 g/mol. The number of carbonyl (C=O) groups excluding carboxylic acids is 3. The van der Waals surface area contributed by atoms with E-state index in [0.29, 0.717) is 50.9 Å². The molecule has 1 aromatic heterocycles. The first-order chi connectivity index (χ1) is 15.2. The molecule has 0 bridgehead atoms. The fourth-order valence-electron chi connectivity index (χ4n) is 3.63. The van der Waals surface area contributed by atoms with Gasteiger partial charge in [-0.2, -0.15) is 0 Å². The third-order valence-corrected chi connectivity index (χ3v) is 5.46. The van der Waals surface area contributed by atoms with E-state index in [1.807, 2.05) is 0 Å². The van der Waals surface area contributed by atoms with Gasteiger partial charge in [0, 0.05) is 24.9 Å². The predicted molar refractivity (Wildman–Crippen MR) is 115 cm³/mol. The van der Waals surface area contributed by atoms with E-state index in [1.165, 1.54) is 18.2 Å². The van der Waals surface area contributed by atoms with Gasteiger partial charge in [0.15, 0.2) is 0 Å². The van der Waals surface area contributed by atoms with Crippen molar-refractivity contribution in [1.82, 2.24) is 25.5 Å². The molecule has 1 aliphatic rings. The maximum atomic E-state index is 13.3. The van der Waals surface area contributed by atoms with Crippen LogP contribution >= 0.6 is 0 Å². The first-order valence-electron chi connectivity index (χ1n) is 10.8. The van der Waals surface area contributed by atoms with Crippen LogP contribution in [0.15, 0.2) is 12.5 Å². The van der Waals surface area contributed by atoms with Gasteiger partial charge in [0.2, 0.25) is 17.7 Å². The van der Waals surface area contributed by atoms with Crippen molar-refractivity contribution in [1.29, 1.82) is 0 Å². The normalized spacial score (nSPS) is 18.6. The third-order valence-electron chi connectivity index (χ3n) is 5.46. The largest absolute Gasteiger partial charge is 0.480 e. The zero-order valence-electron chi connectivity index (χ0n) is 18.3. The summed E-state index contributed by atoms with van der Waals surface area (Å²) in [5.41, 5.74) is 12.3. The third kappa shape index (κ3) is 7.02. The molecule has 1 saturated heterocycles. The quantitative estimate of drug-likeness (QED) is 0.206. The van der Waals surface area contributed by atoms with Crippen molar-refractivity contribution in [3.8, 4) is 0 Å². The Bertz CT molecular complexity index is 785. The van der Waals surface area contributed by atoms with Crippen molar-refractivity contribution in [2.45, 2.75) is 69.6 Å². The summed E-state index contributed by atoms with van der Waals surface area (Å²) in [6.07, 6.45) is 5.97. The molecule has 0 radical (unpaired) electrons. The lowest BCUT2D eigenvalue weighted by Gasteiger charge is -2.29. The number of carboxylic acids is 1. The predicted octanol–water partition coefficient (Wildman–Crippen LogP) is -1.53. The molecule has 3 amide bonds. The molecule has 8 N–H and O–H groups in total. The highest BCUT2D eigenvalue weighted by molar-refractivity contribution is 5.94. The van der Waals surface area contributed by atoms with E-state index in [1.54, 1.807) is 6.20 Å². The van der Waals surface area contributed by atoms with Crippen molar-refractivity contribution in [3.05, 3.63) is 18.2 Å². The summed E-state index contributed by atoms with van der Waals surface area (Å²) in [5.74, 6) is -2.55. The van der Waals surface area contributed by atoms with E-state index in [0.717, 1.165) is 0 Å². The molecular weight excluding hydrogens is 418 g/mol. The van der Waals surface area contributed by atoms with Gasteiger partial charge in [0.1, 0.15) is 18.1 Å². The Balaban J connectivity index is 2.06. The number of carbonyl (C=O) groups is 4. The van der Waals surface area contributed by atoms with E-state index < -0.39 is 42.0 Å². The van der Waals surface area contributed by atoms with Crippen LogP contribution in [0.2, 0.25) is 0 Å². The zero-order valence-corrected chi connectivity index (χ0v) is 18.3. The van der Waals surface area contributed by atoms with Gasteiger partial charge in [0.25, 0.3) is 0 Å². The minimum Gasteiger partial charge on any atom is -0.480 e. The number of aromatic nitrogens is 2. The highest BCUT2D eigenvalue weighted by atomic mass is 16.4. The minimum absolute atomic E-state index is 0.233. The molecule has 2 rings (SSSR count). The van der Waals surface area contributed by atoms with Crippen molar-refractivity contribution < 1.29 is 24.3 Å². The summed E-state index contributed by atoms with van der Waals surface area (Å²) < 4.78 is 0. The van der Waals surface area contributed by atoms with Gasteiger partial charge in [-0.15, -0.1) is 0 Å². The Morgan fingerprint density at radius 1 is 1.31 bits per heavy atom. The van der Waals surface area contributed by atoms with Crippen LogP contribution in [0.1, 0.15) is 44.7 Å². The molecular formula is C20H33N7O5. The summed E-state index contributed by atoms with van der Waals surface area (Å²) >= 11 is 0. The Hall–Kier alpha value is -2.99. The van der Waals surface area contributed by atoms with Crippen molar-refractivity contribution >= 4 is 23.7 Å². The summed E-state index contributed by atoms with van der Waals surface area (Å²) in [7, 11) is 0. The first kappa shape index (κ1) is 25.3. The van der Waals surface area contributed by atoms with Gasteiger partial charge in [-0.3, -0.25) is 19.2 Å². The molecule has 2 heterocycles. The molecule has 12 heteroatoms. The van der Waals surface area contributed by atoms with E-state index in [9.17, 15) is 19.2 Å². The topological polar surface area (TPSA) is 197 Å². The second-order valence-electron chi connectivity index (χ2n) is 7.99. The average Bonchev–Trinajstić information content (AvgIpc) is 3.44.